The van der Waals surface area contributed by atoms with Crippen LogP contribution in [0.1, 0.15) is 13.8 Å². The molecule has 1 aromatic carbocycles. The molecule has 7 heteroatoms. The van der Waals surface area contributed by atoms with Gasteiger partial charge in [0.25, 0.3) is 0 Å². The Kier molecular flexibility index (Phi) is 4.60. The molecule has 0 aromatic heterocycles. The van der Waals surface area contributed by atoms with Gasteiger partial charge in [-0.05, 0) is 32.0 Å². The van der Waals surface area contributed by atoms with Crippen LogP contribution in [0.25, 0.3) is 0 Å². The molecule has 0 unspecified atom stereocenters. The highest BCUT2D eigenvalue weighted by molar-refractivity contribution is 9.10. The minimum Gasteiger partial charge on any atom is -0.389 e. The third kappa shape index (κ3) is 4.56. The summed E-state index contributed by atoms with van der Waals surface area (Å²) >= 11 is 9.05. The van der Waals surface area contributed by atoms with E-state index in [1.54, 1.807) is 6.07 Å². The second-order valence-electron chi connectivity index (χ2n) is 4.21. The number of hydrogen-bond acceptors (Lipinski definition) is 3. The van der Waals surface area contributed by atoms with Crippen molar-refractivity contribution in [2.24, 2.45) is 0 Å². The molecule has 1 aromatic rings. The summed E-state index contributed by atoms with van der Waals surface area (Å²) in [5, 5.41) is 9.60. The molecule has 17 heavy (non-hydrogen) atoms. The van der Waals surface area contributed by atoms with Crippen LogP contribution in [0.15, 0.2) is 27.6 Å². The van der Waals surface area contributed by atoms with Gasteiger partial charge < -0.3 is 5.11 Å². The van der Waals surface area contributed by atoms with E-state index in [0.717, 1.165) is 0 Å². The molecule has 0 spiro atoms. The fraction of sp³-hybridized carbons (Fsp3) is 0.400. The first-order valence-corrected chi connectivity index (χ1v) is 7.44. The summed E-state index contributed by atoms with van der Waals surface area (Å²) in [6, 6.07) is 4.49. The molecule has 2 N–H and O–H groups in total. The summed E-state index contributed by atoms with van der Waals surface area (Å²) in [5.74, 6) is 0. The molecule has 0 bridgehead atoms. The molecule has 0 amide bonds. The van der Waals surface area contributed by atoms with E-state index < -0.39 is 15.6 Å². The van der Waals surface area contributed by atoms with E-state index >= 15 is 0 Å². The lowest BCUT2D eigenvalue weighted by Crippen LogP contribution is -2.38. The number of hydrogen-bond donors (Lipinski definition) is 2. The minimum atomic E-state index is -3.70. The Morgan fingerprint density at radius 1 is 1.47 bits per heavy atom. The maximum Gasteiger partial charge on any atom is 0.242 e. The molecule has 0 aliphatic rings. The summed E-state index contributed by atoms with van der Waals surface area (Å²) in [5.41, 5.74) is -1.12. The van der Waals surface area contributed by atoms with Crippen LogP contribution in [0.3, 0.4) is 0 Å². The third-order valence-corrected chi connectivity index (χ3v) is 4.26. The van der Waals surface area contributed by atoms with E-state index in [2.05, 4.69) is 20.7 Å². The molecule has 4 nitrogen and oxygen atoms in total. The molecule has 0 heterocycles. The van der Waals surface area contributed by atoms with Crippen LogP contribution < -0.4 is 4.72 Å². The van der Waals surface area contributed by atoms with Crippen molar-refractivity contribution in [3.8, 4) is 0 Å². The normalized spacial score (nSPS) is 12.8. The molecular weight excluding hydrogens is 330 g/mol. The number of halogens is 2. The highest BCUT2D eigenvalue weighted by atomic mass is 79.9. The van der Waals surface area contributed by atoms with Crippen molar-refractivity contribution in [1.82, 2.24) is 4.72 Å². The van der Waals surface area contributed by atoms with E-state index in [1.165, 1.54) is 26.0 Å². The van der Waals surface area contributed by atoms with Crippen LogP contribution in [-0.2, 0) is 10.0 Å². The Morgan fingerprint density at radius 2 is 2.06 bits per heavy atom. The summed E-state index contributed by atoms with van der Waals surface area (Å²) in [7, 11) is -3.70. The van der Waals surface area contributed by atoms with Crippen molar-refractivity contribution < 1.29 is 13.5 Å². The Hall–Kier alpha value is -0.140. The summed E-state index contributed by atoms with van der Waals surface area (Å²) in [6.45, 7) is 2.94. The maximum absolute atomic E-state index is 11.9. The van der Waals surface area contributed by atoms with Gasteiger partial charge in [0.2, 0.25) is 10.0 Å². The van der Waals surface area contributed by atoms with Crippen LogP contribution >= 0.6 is 27.5 Å². The van der Waals surface area contributed by atoms with Gasteiger partial charge >= 0.3 is 0 Å². The monoisotopic (exact) mass is 341 g/mol. The summed E-state index contributed by atoms with van der Waals surface area (Å²) in [4.78, 5) is -0.00776. The Labute approximate surface area is 114 Å². The number of aliphatic hydroxyl groups is 1. The van der Waals surface area contributed by atoms with E-state index in [1.807, 2.05) is 0 Å². The van der Waals surface area contributed by atoms with Gasteiger partial charge in [-0.15, -0.1) is 0 Å². The van der Waals surface area contributed by atoms with E-state index in [0.29, 0.717) is 4.47 Å². The van der Waals surface area contributed by atoms with Crippen molar-refractivity contribution in [3.05, 3.63) is 27.7 Å². The van der Waals surface area contributed by atoms with Crippen LogP contribution in [0.4, 0.5) is 0 Å². The predicted octanol–water partition coefficient (Wildman–Crippen LogP) is 2.15. The number of rotatable bonds is 4. The lowest BCUT2D eigenvalue weighted by Gasteiger charge is -2.18. The zero-order valence-corrected chi connectivity index (χ0v) is 12.5. The van der Waals surface area contributed by atoms with Crippen LogP contribution in [0.5, 0.6) is 0 Å². The smallest absolute Gasteiger partial charge is 0.242 e. The molecule has 0 atom stereocenters. The highest BCUT2D eigenvalue weighted by Gasteiger charge is 2.21. The second kappa shape index (κ2) is 5.24. The Morgan fingerprint density at radius 3 is 2.53 bits per heavy atom. The molecule has 0 saturated carbocycles. The van der Waals surface area contributed by atoms with Crippen molar-refractivity contribution in [1.29, 1.82) is 0 Å². The summed E-state index contributed by atoms with van der Waals surface area (Å²) in [6.07, 6.45) is 0. The topological polar surface area (TPSA) is 66.4 Å². The number of nitrogens with one attached hydrogen (secondary N) is 1. The first-order valence-electron chi connectivity index (χ1n) is 4.79. The van der Waals surface area contributed by atoms with Crippen molar-refractivity contribution in [3.63, 3.8) is 0 Å². The zero-order chi connectivity index (χ0) is 13.3. The lowest BCUT2D eigenvalue weighted by atomic mass is 10.1. The van der Waals surface area contributed by atoms with Gasteiger partial charge in [-0.2, -0.15) is 0 Å². The minimum absolute atomic E-state index is 0.00776. The quantitative estimate of drug-likeness (QED) is 0.881. The molecule has 1 rings (SSSR count). The fourth-order valence-corrected chi connectivity index (χ4v) is 3.28. The average Bonchev–Trinajstić information content (AvgIpc) is 2.13. The van der Waals surface area contributed by atoms with E-state index in [4.69, 9.17) is 11.6 Å². The standard InChI is InChI=1S/C10H13BrClNO3S/c1-10(2,14)6-13-17(15,16)9-4-3-7(11)5-8(9)12/h3-5,13-14H,6H2,1-2H3. The van der Waals surface area contributed by atoms with Crippen LogP contribution in [0, 0.1) is 0 Å². The van der Waals surface area contributed by atoms with Gasteiger partial charge in [0.15, 0.2) is 0 Å². The number of benzene rings is 1. The summed E-state index contributed by atoms with van der Waals surface area (Å²) < 4.78 is 26.8. The second-order valence-corrected chi connectivity index (χ2v) is 7.27. The lowest BCUT2D eigenvalue weighted by molar-refractivity contribution is 0.0857. The predicted molar refractivity (Wildman–Crippen MR) is 70.6 cm³/mol. The average molecular weight is 343 g/mol. The van der Waals surface area contributed by atoms with Crippen molar-refractivity contribution in [2.45, 2.75) is 24.3 Å². The highest BCUT2D eigenvalue weighted by Crippen LogP contribution is 2.25. The van der Waals surface area contributed by atoms with Gasteiger partial charge in [0, 0.05) is 11.0 Å². The molecule has 0 aliphatic heterocycles. The molecule has 0 radical (unpaired) electrons. The first kappa shape index (κ1) is 14.9. The fourth-order valence-electron chi connectivity index (χ4n) is 1.04. The molecular formula is C10H13BrClNO3S. The number of sulfonamides is 1. The molecule has 0 fully saturated rings. The SMILES string of the molecule is CC(C)(O)CNS(=O)(=O)c1ccc(Br)cc1Cl. The Bertz CT molecular complexity index is 511. The largest absolute Gasteiger partial charge is 0.389 e. The van der Waals surface area contributed by atoms with Crippen LogP contribution in [-0.4, -0.2) is 25.7 Å². The Balaban J connectivity index is 2.98. The molecule has 0 aliphatic carbocycles. The maximum atomic E-state index is 11.9. The third-order valence-electron chi connectivity index (χ3n) is 1.88. The van der Waals surface area contributed by atoms with E-state index in [9.17, 15) is 13.5 Å². The van der Waals surface area contributed by atoms with E-state index in [-0.39, 0.29) is 16.5 Å². The first-order chi connectivity index (χ1) is 7.62. The zero-order valence-electron chi connectivity index (χ0n) is 9.37. The van der Waals surface area contributed by atoms with Crippen LogP contribution in [0.2, 0.25) is 5.02 Å². The molecule has 96 valence electrons. The van der Waals surface area contributed by atoms with Crippen molar-refractivity contribution >= 4 is 37.6 Å². The van der Waals surface area contributed by atoms with Gasteiger partial charge in [-0.1, -0.05) is 27.5 Å². The van der Waals surface area contributed by atoms with Gasteiger partial charge in [0.1, 0.15) is 4.90 Å². The van der Waals surface area contributed by atoms with Gasteiger partial charge in [-0.25, -0.2) is 13.1 Å². The van der Waals surface area contributed by atoms with Gasteiger partial charge in [-0.3, -0.25) is 0 Å². The van der Waals surface area contributed by atoms with Crippen molar-refractivity contribution in [2.75, 3.05) is 6.54 Å². The molecule has 0 saturated heterocycles. The van der Waals surface area contributed by atoms with Gasteiger partial charge in [0.05, 0.1) is 10.6 Å².